The Balaban J connectivity index is 3.08. The molecule has 0 radical (unpaired) electrons. The lowest BCUT2D eigenvalue weighted by Crippen LogP contribution is -1.86. The van der Waals surface area contributed by atoms with Gasteiger partial charge in [-0.2, -0.15) is 0 Å². The van der Waals surface area contributed by atoms with Gasteiger partial charge in [0.1, 0.15) is 5.15 Å². The predicted octanol–water partition coefficient (Wildman–Crippen LogP) is 3.80. The SMILES string of the molecule is C=Cc1ccc(Cl)nc1/C=C\CC. The van der Waals surface area contributed by atoms with Crippen LogP contribution in [0.1, 0.15) is 24.6 Å². The van der Waals surface area contributed by atoms with Crippen LogP contribution in [-0.2, 0) is 0 Å². The largest absolute Gasteiger partial charge is 0.236 e. The van der Waals surface area contributed by atoms with Gasteiger partial charge < -0.3 is 0 Å². The predicted molar refractivity (Wildman–Crippen MR) is 58.7 cm³/mol. The van der Waals surface area contributed by atoms with Crippen molar-refractivity contribution in [2.45, 2.75) is 13.3 Å². The van der Waals surface area contributed by atoms with Crippen LogP contribution in [0.15, 0.2) is 24.8 Å². The highest BCUT2D eigenvalue weighted by molar-refractivity contribution is 6.29. The third kappa shape index (κ3) is 2.71. The third-order valence-electron chi connectivity index (χ3n) is 1.65. The van der Waals surface area contributed by atoms with Crippen LogP contribution >= 0.6 is 11.6 Å². The van der Waals surface area contributed by atoms with Crippen molar-refractivity contribution in [2.24, 2.45) is 0 Å². The second kappa shape index (κ2) is 4.83. The number of allylic oxidation sites excluding steroid dienone is 1. The second-order valence-electron chi connectivity index (χ2n) is 2.62. The van der Waals surface area contributed by atoms with Crippen LogP contribution in [0.2, 0.25) is 5.15 Å². The van der Waals surface area contributed by atoms with Gasteiger partial charge in [0.05, 0.1) is 5.69 Å². The minimum absolute atomic E-state index is 0.515. The minimum Gasteiger partial charge on any atom is -0.236 e. The summed E-state index contributed by atoms with van der Waals surface area (Å²) in [6, 6.07) is 3.68. The summed E-state index contributed by atoms with van der Waals surface area (Å²) in [6.07, 6.45) is 6.78. The fraction of sp³-hybridized carbons (Fsp3) is 0.182. The fourth-order valence-corrected chi connectivity index (χ4v) is 1.15. The highest BCUT2D eigenvalue weighted by Gasteiger charge is 1.97. The van der Waals surface area contributed by atoms with Gasteiger partial charge in [0.25, 0.3) is 0 Å². The third-order valence-corrected chi connectivity index (χ3v) is 1.87. The van der Waals surface area contributed by atoms with Crippen LogP contribution < -0.4 is 0 Å². The van der Waals surface area contributed by atoms with E-state index >= 15 is 0 Å². The van der Waals surface area contributed by atoms with Crippen molar-refractivity contribution in [3.05, 3.63) is 41.2 Å². The zero-order valence-electron chi connectivity index (χ0n) is 7.63. The molecular weight excluding hydrogens is 182 g/mol. The van der Waals surface area contributed by atoms with Crippen LogP contribution in [-0.4, -0.2) is 4.98 Å². The molecule has 0 bridgehead atoms. The van der Waals surface area contributed by atoms with Crippen molar-refractivity contribution >= 4 is 23.8 Å². The van der Waals surface area contributed by atoms with Gasteiger partial charge in [0.15, 0.2) is 0 Å². The topological polar surface area (TPSA) is 12.9 Å². The zero-order chi connectivity index (χ0) is 9.68. The van der Waals surface area contributed by atoms with Crippen LogP contribution in [0, 0.1) is 0 Å². The molecule has 0 aliphatic heterocycles. The summed E-state index contributed by atoms with van der Waals surface area (Å²) in [5, 5.41) is 0.515. The standard InChI is InChI=1S/C11H12ClN/c1-3-5-6-10-9(4-2)7-8-11(12)13-10/h4-8H,2-3H2,1H3/b6-5-. The summed E-state index contributed by atoms with van der Waals surface area (Å²) < 4.78 is 0. The molecule has 0 amide bonds. The Morgan fingerprint density at radius 3 is 2.92 bits per heavy atom. The molecule has 1 aromatic rings. The smallest absolute Gasteiger partial charge is 0.129 e. The van der Waals surface area contributed by atoms with Crippen LogP contribution in [0.5, 0.6) is 0 Å². The summed E-state index contributed by atoms with van der Waals surface area (Å²) in [7, 11) is 0. The molecule has 0 fully saturated rings. The molecule has 0 unspecified atom stereocenters. The average molecular weight is 194 g/mol. The molecule has 0 saturated carbocycles. The first kappa shape index (κ1) is 10.0. The molecular formula is C11H12ClN. The van der Waals surface area contributed by atoms with Gasteiger partial charge in [-0.05, 0) is 30.2 Å². The molecule has 1 heterocycles. The molecule has 0 aromatic carbocycles. The number of nitrogens with zero attached hydrogens (tertiary/aromatic N) is 1. The van der Waals surface area contributed by atoms with E-state index in [0.717, 1.165) is 17.7 Å². The van der Waals surface area contributed by atoms with Crippen molar-refractivity contribution in [3.8, 4) is 0 Å². The number of pyridine rings is 1. The fourth-order valence-electron chi connectivity index (χ4n) is 0.996. The van der Waals surface area contributed by atoms with Gasteiger partial charge >= 0.3 is 0 Å². The maximum absolute atomic E-state index is 5.77. The Hall–Kier alpha value is -1.08. The highest BCUT2D eigenvalue weighted by atomic mass is 35.5. The lowest BCUT2D eigenvalue weighted by atomic mass is 10.2. The quantitative estimate of drug-likeness (QED) is 0.666. The molecule has 1 rings (SSSR count). The van der Waals surface area contributed by atoms with Gasteiger partial charge in [-0.15, -0.1) is 0 Å². The number of halogens is 1. The molecule has 0 atom stereocenters. The summed E-state index contributed by atoms with van der Waals surface area (Å²) in [4.78, 5) is 4.19. The summed E-state index contributed by atoms with van der Waals surface area (Å²) in [6.45, 7) is 5.79. The van der Waals surface area contributed by atoms with E-state index in [1.807, 2.05) is 18.2 Å². The van der Waals surface area contributed by atoms with E-state index in [1.165, 1.54) is 0 Å². The van der Waals surface area contributed by atoms with Gasteiger partial charge in [-0.1, -0.05) is 37.3 Å². The van der Waals surface area contributed by atoms with E-state index in [-0.39, 0.29) is 0 Å². The van der Waals surface area contributed by atoms with E-state index in [4.69, 9.17) is 11.6 Å². The zero-order valence-corrected chi connectivity index (χ0v) is 8.38. The van der Waals surface area contributed by atoms with Crippen molar-refractivity contribution in [1.82, 2.24) is 4.98 Å². The first-order valence-electron chi connectivity index (χ1n) is 4.23. The van der Waals surface area contributed by atoms with Crippen molar-refractivity contribution < 1.29 is 0 Å². The summed E-state index contributed by atoms with van der Waals surface area (Å²) in [5.74, 6) is 0. The molecule has 0 N–H and O–H groups in total. The Bertz CT molecular complexity index is 329. The Kier molecular flexibility index (Phi) is 3.71. The molecule has 1 nitrogen and oxygen atoms in total. The summed E-state index contributed by atoms with van der Waals surface area (Å²) >= 11 is 5.77. The van der Waals surface area contributed by atoms with E-state index in [0.29, 0.717) is 5.15 Å². The van der Waals surface area contributed by atoms with Gasteiger partial charge in [0.2, 0.25) is 0 Å². The molecule has 13 heavy (non-hydrogen) atoms. The second-order valence-corrected chi connectivity index (χ2v) is 3.01. The minimum atomic E-state index is 0.515. The number of hydrogen-bond donors (Lipinski definition) is 0. The van der Waals surface area contributed by atoms with Gasteiger partial charge in [0, 0.05) is 0 Å². The van der Waals surface area contributed by atoms with Crippen molar-refractivity contribution in [2.75, 3.05) is 0 Å². The molecule has 0 saturated heterocycles. The van der Waals surface area contributed by atoms with Gasteiger partial charge in [-0.25, -0.2) is 4.98 Å². The van der Waals surface area contributed by atoms with Crippen molar-refractivity contribution in [1.29, 1.82) is 0 Å². The van der Waals surface area contributed by atoms with Crippen LogP contribution in [0.25, 0.3) is 12.2 Å². The molecule has 0 spiro atoms. The Labute approximate surface area is 83.8 Å². The number of aromatic nitrogens is 1. The Morgan fingerprint density at radius 1 is 1.54 bits per heavy atom. The monoisotopic (exact) mass is 193 g/mol. The first-order valence-corrected chi connectivity index (χ1v) is 4.61. The maximum Gasteiger partial charge on any atom is 0.129 e. The molecule has 0 aliphatic rings. The molecule has 2 heteroatoms. The Morgan fingerprint density at radius 2 is 2.31 bits per heavy atom. The lowest BCUT2D eigenvalue weighted by Gasteiger charge is -1.99. The normalized spacial score (nSPS) is 10.6. The lowest BCUT2D eigenvalue weighted by molar-refractivity contribution is 1.22. The van der Waals surface area contributed by atoms with E-state index in [9.17, 15) is 0 Å². The summed E-state index contributed by atoms with van der Waals surface area (Å²) in [5.41, 5.74) is 1.89. The number of rotatable bonds is 3. The average Bonchev–Trinajstić information content (AvgIpc) is 2.15. The van der Waals surface area contributed by atoms with Gasteiger partial charge in [-0.3, -0.25) is 0 Å². The van der Waals surface area contributed by atoms with E-state index in [2.05, 4.69) is 18.5 Å². The number of hydrogen-bond acceptors (Lipinski definition) is 1. The van der Waals surface area contributed by atoms with E-state index < -0.39 is 0 Å². The van der Waals surface area contributed by atoms with Crippen LogP contribution in [0.3, 0.4) is 0 Å². The highest BCUT2D eigenvalue weighted by Crippen LogP contribution is 2.14. The molecule has 1 aromatic heterocycles. The first-order chi connectivity index (χ1) is 6.27. The van der Waals surface area contributed by atoms with Crippen molar-refractivity contribution in [3.63, 3.8) is 0 Å². The maximum atomic E-state index is 5.77. The van der Waals surface area contributed by atoms with E-state index in [1.54, 1.807) is 12.1 Å². The molecule has 0 aliphatic carbocycles. The van der Waals surface area contributed by atoms with Crippen LogP contribution in [0.4, 0.5) is 0 Å². The molecule has 68 valence electrons.